The number of hydrogen-bond donors (Lipinski definition) is 2. The second kappa shape index (κ2) is 7.33. The Hall–Kier alpha value is -2.27. The number of aliphatic hydroxyl groups is 1. The lowest BCUT2D eigenvalue weighted by Gasteiger charge is -2.21. The highest BCUT2D eigenvalue weighted by atomic mass is 16.5. The average molecular weight is 314 g/mol. The first kappa shape index (κ1) is 15.6. The molecule has 2 aromatic rings. The Bertz CT molecular complexity index is 665. The quantitative estimate of drug-likeness (QED) is 0.771. The molecule has 0 unspecified atom stereocenters. The van der Waals surface area contributed by atoms with E-state index in [0.717, 1.165) is 29.4 Å². The van der Waals surface area contributed by atoms with Crippen LogP contribution in [0.2, 0.25) is 0 Å². The van der Waals surface area contributed by atoms with E-state index >= 15 is 0 Å². The van der Waals surface area contributed by atoms with Crippen LogP contribution in [-0.2, 0) is 0 Å². The van der Waals surface area contributed by atoms with Crippen molar-refractivity contribution in [2.75, 3.05) is 26.3 Å². The van der Waals surface area contributed by atoms with Crippen LogP contribution in [0.3, 0.4) is 0 Å². The van der Waals surface area contributed by atoms with Gasteiger partial charge in [-0.25, -0.2) is 4.79 Å². The van der Waals surface area contributed by atoms with Crippen molar-refractivity contribution < 1.29 is 14.6 Å². The van der Waals surface area contributed by atoms with Crippen LogP contribution in [0.1, 0.15) is 12.8 Å². The molecular formula is C18H22N2O3. The van der Waals surface area contributed by atoms with Gasteiger partial charge in [0, 0.05) is 18.0 Å². The molecule has 0 aliphatic heterocycles. The summed E-state index contributed by atoms with van der Waals surface area (Å²) >= 11 is 0. The molecule has 0 aromatic heterocycles. The van der Waals surface area contributed by atoms with Crippen molar-refractivity contribution in [3.05, 3.63) is 42.5 Å². The van der Waals surface area contributed by atoms with E-state index in [2.05, 4.69) is 5.32 Å². The Balaban J connectivity index is 1.50. The molecular weight excluding hydrogens is 292 g/mol. The van der Waals surface area contributed by atoms with Crippen molar-refractivity contribution in [3.8, 4) is 5.75 Å². The smallest absolute Gasteiger partial charge is 0.317 e. The van der Waals surface area contributed by atoms with Crippen molar-refractivity contribution in [1.29, 1.82) is 0 Å². The fourth-order valence-electron chi connectivity index (χ4n) is 2.69. The van der Waals surface area contributed by atoms with Crippen LogP contribution < -0.4 is 10.1 Å². The molecule has 1 saturated carbocycles. The molecule has 0 radical (unpaired) electrons. The van der Waals surface area contributed by atoms with E-state index in [1.54, 1.807) is 4.90 Å². The van der Waals surface area contributed by atoms with E-state index in [1.165, 1.54) is 0 Å². The molecule has 1 aliphatic rings. The number of fused-ring (bicyclic) bond motifs is 1. The number of amides is 2. The van der Waals surface area contributed by atoms with E-state index in [0.29, 0.717) is 25.7 Å². The highest BCUT2D eigenvalue weighted by Gasteiger charge is 2.31. The number of carbonyl (C=O) groups is 1. The topological polar surface area (TPSA) is 61.8 Å². The van der Waals surface area contributed by atoms with Gasteiger partial charge in [-0.2, -0.15) is 0 Å². The third kappa shape index (κ3) is 3.93. The van der Waals surface area contributed by atoms with Crippen LogP contribution in [0.25, 0.3) is 10.8 Å². The molecule has 2 aromatic carbocycles. The molecule has 0 bridgehead atoms. The van der Waals surface area contributed by atoms with E-state index in [-0.39, 0.29) is 12.6 Å². The molecule has 1 aliphatic carbocycles. The van der Waals surface area contributed by atoms with Gasteiger partial charge in [0.2, 0.25) is 0 Å². The van der Waals surface area contributed by atoms with E-state index in [9.17, 15) is 4.79 Å². The van der Waals surface area contributed by atoms with E-state index in [1.807, 2.05) is 42.5 Å². The van der Waals surface area contributed by atoms with Crippen molar-refractivity contribution in [1.82, 2.24) is 10.2 Å². The van der Waals surface area contributed by atoms with Gasteiger partial charge >= 0.3 is 6.03 Å². The lowest BCUT2D eigenvalue weighted by atomic mass is 10.1. The highest BCUT2D eigenvalue weighted by molar-refractivity contribution is 5.88. The first-order valence-electron chi connectivity index (χ1n) is 8.05. The zero-order valence-corrected chi connectivity index (χ0v) is 13.1. The zero-order valence-electron chi connectivity index (χ0n) is 13.1. The number of hydrogen-bond acceptors (Lipinski definition) is 3. The summed E-state index contributed by atoms with van der Waals surface area (Å²) in [5, 5.41) is 14.1. The largest absolute Gasteiger partial charge is 0.491 e. The summed E-state index contributed by atoms with van der Waals surface area (Å²) in [7, 11) is 0. The van der Waals surface area contributed by atoms with Crippen molar-refractivity contribution in [2.24, 2.45) is 0 Å². The molecule has 23 heavy (non-hydrogen) atoms. The standard InChI is InChI=1S/C18H22N2O3/c21-12-11-20(15-8-9-15)18(22)19-10-13-23-17-7-3-5-14-4-1-2-6-16(14)17/h1-7,15,21H,8-13H2,(H,19,22). The minimum atomic E-state index is -0.122. The first-order valence-corrected chi connectivity index (χ1v) is 8.05. The number of aliphatic hydroxyl groups excluding tert-OH is 1. The summed E-state index contributed by atoms with van der Waals surface area (Å²) in [5.74, 6) is 0.826. The highest BCUT2D eigenvalue weighted by Crippen LogP contribution is 2.26. The Kier molecular flexibility index (Phi) is 4.98. The summed E-state index contributed by atoms with van der Waals surface area (Å²) in [6, 6.07) is 14.2. The minimum absolute atomic E-state index is 0.00355. The van der Waals surface area contributed by atoms with Gasteiger partial charge in [0.25, 0.3) is 0 Å². The second-order valence-electron chi connectivity index (χ2n) is 5.71. The third-order valence-electron chi connectivity index (χ3n) is 3.97. The van der Waals surface area contributed by atoms with Gasteiger partial charge in [0.05, 0.1) is 13.2 Å². The van der Waals surface area contributed by atoms with Gasteiger partial charge in [-0.15, -0.1) is 0 Å². The van der Waals surface area contributed by atoms with Crippen molar-refractivity contribution in [2.45, 2.75) is 18.9 Å². The van der Waals surface area contributed by atoms with Gasteiger partial charge in [-0.05, 0) is 24.3 Å². The zero-order chi connectivity index (χ0) is 16.1. The van der Waals surface area contributed by atoms with Crippen LogP contribution in [0.5, 0.6) is 5.75 Å². The predicted molar refractivity (Wildman–Crippen MR) is 89.7 cm³/mol. The molecule has 1 fully saturated rings. The Labute approximate surface area is 135 Å². The van der Waals surface area contributed by atoms with Gasteiger partial charge in [0.1, 0.15) is 12.4 Å². The fourth-order valence-corrected chi connectivity index (χ4v) is 2.69. The Morgan fingerprint density at radius 3 is 2.78 bits per heavy atom. The lowest BCUT2D eigenvalue weighted by Crippen LogP contribution is -2.44. The SMILES string of the molecule is O=C(NCCOc1cccc2ccccc12)N(CCO)C1CC1. The van der Waals surface area contributed by atoms with E-state index < -0.39 is 0 Å². The minimum Gasteiger partial charge on any atom is -0.491 e. The van der Waals surface area contributed by atoms with Crippen LogP contribution in [0.4, 0.5) is 4.79 Å². The Morgan fingerprint density at radius 2 is 2.00 bits per heavy atom. The number of nitrogens with zero attached hydrogens (tertiary/aromatic N) is 1. The lowest BCUT2D eigenvalue weighted by molar-refractivity contribution is 0.172. The summed E-state index contributed by atoms with van der Waals surface area (Å²) < 4.78 is 5.80. The van der Waals surface area contributed by atoms with Crippen molar-refractivity contribution in [3.63, 3.8) is 0 Å². The monoisotopic (exact) mass is 314 g/mol. The van der Waals surface area contributed by atoms with E-state index in [4.69, 9.17) is 9.84 Å². The van der Waals surface area contributed by atoms with Gasteiger partial charge in [0.15, 0.2) is 0 Å². The van der Waals surface area contributed by atoms with Crippen LogP contribution in [0.15, 0.2) is 42.5 Å². The molecule has 3 rings (SSSR count). The normalized spacial score (nSPS) is 13.8. The summed E-state index contributed by atoms with van der Waals surface area (Å²) in [6.45, 7) is 1.24. The second-order valence-corrected chi connectivity index (χ2v) is 5.71. The maximum atomic E-state index is 12.1. The number of urea groups is 1. The molecule has 2 N–H and O–H groups in total. The van der Waals surface area contributed by atoms with Gasteiger partial charge < -0.3 is 20.1 Å². The van der Waals surface area contributed by atoms with Crippen LogP contribution in [0, 0.1) is 0 Å². The molecule has 0 atom stereocenters. The summed E-state index contributed by atoms with van der Waals surface area (Å²) in [4.78, 5) is 13.8. The number of rotatable bonds is 7. The number of benzene rings is 2. The molecule has 122 valence electrons. The maximum Gasteiger partial charge on any atom is 0.317 e. The summed E-state index contributed by atoms with van der Waals surface area (Å²) in [5.41, 5.74) is 0. The van der Waals surface area contributed by atoms with Gasteiger partial charge in [-0.3, -0.25) is 0 Å². The van der Waals surface area contributed by atoms with Crippen LogP contribution in [-0.4, -0.2) is 48.4 Å². The fraction of sp³-hybridized carbons (Fsp3) is 0.389. The summed E-state index contributed by atoms with van der Waals surface area (Å²) in [6.07, 6.45) is 2.06. The van der Waals surface area contributed by atoms with Crippen molar-refractivity contribution >= 4 is 16.8 Å². The molecule has 0 spiro atoms. The van der Waals surface area contributed by atoms with Gasteiger partial charge in [-0.1, -0.05) is 36.4 Å². The number of carbonyl (C=O) groups excluding carboxylic acids is 1. The predicted octanol–water partition coefficient (Wildman–Crippen LogP) is 2.38. The average Bonchev–Trinajstić information content (AvgIpc) is 3.41. The number of nitrogens with one attached hydrogen (secondary N) is 1. The first-order chi connectivity index (χ1) is 11.3. The van der Waals surface area contributed by atoms with Crippen LogP contribution >= 0.6 is 0 Å². The maximum absolute atomic E-state index is 12.1. The third-order valence-corrected chi connectivity index (χ3v) is 3.97. The molecule has 2 amide bonds. The Morgan fingerprint density at radius 1 is 1.22 bits per heavy atom. The number of ether oxygens (including phenoxy) is 1. The molecule has 5 nitrogen and oxygen atoms in total. The molecule has 0 saturated heterocycles. The molecule has 5 heteroatoms. The molecule has 0 heterocycles.